The van der Waals surface area contributed by atoms with Crippen molar-refractivity contribution in [3.63, 3.8) is 0 Å². The number of anilines is 1. The lowest BCUT2D eigenvalue weighted by molar-refractivity contribution is 0.0523. The predicted octanol–water partition coefficient (Wildman–Crippen LogP) is 3.13. The van der Waals surface area contributed by atoms with Gasteiger partial charge in [0.15, 0.2) is 0 Å². The van der Waals surface area contributed by atoms with Crippen LogP contribution in [0.3, 0.4) is 0 Å². The van der Waals surface area contributed by atoms with E-state index >= 15 is 0 Å². The standard InChI is InChI=1S/C17H17NO4/c1-3-22-17(21)14-10-12(8-9-15(14)19)18-16(20)13-7-5-4-6-11(13)2/h4-10,19H,3H2,1-2H3,(H,18,20). The first-order valence-corrected chi connectivity index (χ1v) is 6.90. The molecule has 0 radical (unpaired) electrons. The molecule has 0 saturated carbocycles. The second-order valence-electron chi connectivity index (χ2n) is 4.72. The lowest BCUT2D eigenvalue weighted by Crippen LogP contribution is -2.14. The van der Waals surface area contributed by atoms with Crippen LogP contribution in [0.2, 0.25) is 0 Å². The average Bonchev–Trinajstić information content (AvgIpc) is 2.49. The minimum absolute atomic E-state index is 0.0180. The topological polar surface area (TPSA) is 75.6 Å². The number of phenolic OH excluding ortho intramolecular Hbond substituents is 1. The van der Waals surface area contributed by atoms with Gasteiger partial charge in [0.2, 0.25) is 0 Å². The smallest absolute Gasteiger partial charge is 0.341 e. The van der Waals surface area contributed by atoms with E-state index in [1.807, 2.05) is 19.1 Å². The molecule has 0 atom stereocenters. The van der Waals surface area contributed by atoms with Gasteiger partial charge in [-0.1, -0.05) is 18.2 Å². The van der Waals surface area contributed by atoms with E-state index in [1.54, 1.807) is 19.1 Å². The fraction of sp³-hybridized carbons (Fsp3) is 0.176. The number of nitrogens with one attached hydrogen (secondary N) is 1. The van der Waals surface area contributed by atoms with Gasteiger partial charge >= 0.3 is 5.97 Å². The zero-order valence-corrected chi connectivity index (χ0v) is 12.4. The van der Waals surface area contributed by atoms with Gasteiger partial charge in [0.1, 0.15) is 11.3 Å². The molecule has 0 fully saturated rings. The van der Waals surface area contributed by atoms with Crippen LogP contribution in [0, 0.1) is 6.92 Å². The van der Waals surface area contributed by atoms with Gasteiger partial charge < -0.3 is 15.2 Å². The normalized spacial score (nSPS) is 10.1. The molecule has 0 aromatic heterocycles. The van der Waals surface area contributed by atoms with Crippen molar-refractivity contribution in [2.45, 2.75) is 13.8 Å². The first-order valence-electron chi connectivity index (χ1n) is 6.90. The molecule has 2 N–H and O–H groups in total. The minimum atomic E-state index is -0.632. The summed E-state index contributed by atoms with van der Waals surface area (Å²) in [4.78, 5) is 24.0. The van der Waals surface area contributed by atoms with Crippen molar-refractivity contribution in [1.29, 1.82) is 0 Å². The SMILES string of the molecule is CCOC(=O)c1cc(NC(=O)c2ccccc2C)ccc1O. The third kappa shape index (κ3) is 3.44. The number of esters is 1. The van der Waals surface area contributed by atoms with Crippen LogP contribution in [0.5, 0.6) is 5.75 Å². The summed E-state index contributed by atoms with van der Waals surface area (Å²) >= 11 is 0. The molecule has 114 valence electrons. The van der Waals surface area contributed by atoms with Crippen LogP contribution in [0.4, 0.5) is 5.69 Å². The number of aryl methyl sites for hydroxylation is 1. The predicted molar refractivity (Wildman–Crippen MR) is 83.2 cm³/mol. The molecule has 0 unspecified atom stereocenters. The molecule has 0 saturated heterocycles. The molecule has 0 aliphatic carbocycles. The fourth-order valence-electron chi connectivity index (χ4n) is 2.01. The summed E-state index contributed by atoms with van der Waals surface area (Å²) in [5.74, 6) is -1.10. The Kier molecular flexibility index (Phi) is 4.78. The number of carbonyl (C=O) groups is 2. The molecule has 2 rings (SSSR count). The summed E-state index contributed by atoms with van der Waals surface area (Å²) in [6.07, 6.45) is 0. The maximum Gasteiger partial charge on any atom is 0.341 e. The lowest BCUT2D eigenvalue weighted by Gasteiger charge is -2.10. The number of amides is 1. The highest BCUT2D eigenvalue weighted by molar-refractivity contribution is 6.06. The molecule has 0 bridgehead atoms. The molecule has 0 aliphatic heterocycles. The zero-order chi connectivity index (χ0) is 16.1. The molecule has 5 nitrogen and oxygen atoms in total. The second kappa shape index (κ2) is 6.76. The van der Waals surface area contributed by atoms with Crippen molar-refractivity contribution < 1.29 is 19.4 Å². The first-order chi connectivity index (χ1) is 10.5. The Balaban J connectivity index is 2.23. The van der Waals surface area contributed by atoms with E-state index < -0.39 is 5.97 Å². The summed E-state index contributed by atoms with van der Waals surface area (Å²) in [7, 11) is 0. The van der Waals surface area contributed by atoms with E-state index in [4.69, 9.17) is 4.74 Å². The van der Waals surface area contributed by atoms with Crippen molar-refractivity contribution in [1.82, 2.24) is 0 Å². The Morgan fingerprint density at radius 1 is 1.14 bits per heavy atom. The molecular weight excluding hydrogens is 282 g/mol. The van der Waals surface area contributed by atoms with Gasteiger partial charge in [-0.3, -0.25) is 4.79 Å². The van der Waals surface area contributed by atoms with Crippen LogP contribution < -0.4 is 5.32 Å². The summed E-state index contributed by atoms with van der Waals surface area (Å²) in [6, 6.07) is 11.5. The number of benzene rings is 2. The van der Waals surface area contributed by atoms with Crippen molar-refractivity contribution in [2.75, 3.05) is 11.9 Å². The third-order valence-electron chi connectivity index (χ3n) is 3.14. The van der Waals surface area contributed by atoms with E-state index in [-0.39, 0.29) is 23.8 Å². The molecule has 0 aliphatic rings. The third-order valence-corrected chi connectivity index (χ3v) is 3.14. The van der Waals surface area contributed by atoms with E-state index in [1.165, 1.54) is 18.2 Å². The maximum atomic E-state index is 12.2. The Labute approximate surface area is 128 Å². The molecule has 1 amide bonds. The largest absolute Gasteiger partial charge is 0.507 e. The van der Waals surface area contributed by atoms with Gasteiger partial charge in [-0.25, -0.2) is 4.79 Å². The van der Waals surface area contributed by atoms with Crippen LogP contribution in [0.25, 0.3) is 0 Å². The Morgan fingerprint density at radius 3 is 2.55 bits per heavy atom. The Morgan fingerprint density at radius 2 is 1.86 bits per heavy atom. The molecule has 2 aromatic carbocycles. The van der Waals surface area contributed by atoms with E-state index in [0.717, 1.165) is 5.56 Å². The number of carbonyl (C=O) groups excluding carboxylic acids is 2. The minimum Gasteiger partial charge on any atom is -0.507 e. The van der Waals surface area contributed by atoms with Crippen LogP contribution in [0.15, 0.2) is 42.5 Å². The van der Waals surface area contributed by atoms with Crippen LogP contribution in [0.1, 0.15) is 33.2 Å². The molecule has 22 heavy (non-hydrogen) atoms. The van der Waals surface area contributed by atoms with E-state index in [0.29, 0.717) is 11.3 Å². The fourth-order valence-corrected chi connectivity index (χ4v) is 2.01. The first kappa shape index (κ1) is 15.6. The highest BCUT2D eigenvalue weighted by Crippen LogP contribution is 2.23. The van der Waals surface area contributed by atoms with Crippen molar-refractivity contribution in [3.8, 4) is 5.75 Å². The van der Waals surface area contributed by atoms with Gasteiger partial charge in [0.25, 0.3) is 5.91 Å². The maximum absolute atomic E-state index is 12.2. The van der Waals surface area contributed by atoms with Gasteiger partial charge in [-0.05, 0) is 43.7 Å². The number of phenols is 1. The highest BCUT2D eigenvalue weighted by atomic mass is 16.5. The lowest BCUT2D eigenvalue weighted by atomic mass is 10.1. The summed E-state index contributed by atoms with van der Waals surface area (Å²) in [5.41, 5.74) is 1.83. The second-order valence-corrected chi connectivity index (χ2v) is 4.72. The number of aromatic hydroxyl groups is 1. The zero-order valence-electron chi connectivity index (χ0n) is 12.4. The molecule has 0 heterocycles. The Hall–Kier alpha value is -2.82. The summed E-state index contributed by atoms with van der Waals surface area (Å²) < 4.78 is 4.86. The van der Waals surface area contributed by atoms with Crippen molar-refractivity contribution in [3.05, 3.63) is 59.2 Å². The van der Waals surface area contributed by atoms with Gasteiger partial charge in [-0.2, -0.15) is 0 Å². The van der Waals surface area contributed by atoms with E-state index in [2.05, 4.69) is 5.32 Å². The number of ether oxygens (including phenoxy) is 1. The summed E-state index contributed by atoms with van der Waals surface area (Å²) in [6.45, 7) is 3.73. The van der Waals surface area contributed by atoms with Crippen LogP contribution >= 0.6 is 0 Å². The monoisotopic (exact) mass is 299 g/mol. The number of hydrogen-bond donors (Lipinski definition) is 2. The number of rotatable bonds is 4. The van der Waals surface area contributed by atoms with Crippen molar-refractivity contribution in [2.24, 2.45) is 0 Å². The van der Waals surface area contributed by atoms with Crippen molar-refractivity contribution >= 4 is 17.6 Å². The average molecular weight is 299 g/mol. The highest BCUT2D eigenvalue weighted by Gasteiger charge is 2.15. The molecular formula is C17H17NO4. The summed E-state index contributed by atoms with van der Waals surface area (Å²) in [5, 5.41) is 12.4. The van der Waals surface area contributed by atoms with Crippen LogP contribution in [-0.2, 0) is 4.74 Å². The molecule has 2 aromatic rings. The molecule has 0 spiro atoms. The molecule has 5 heteroatoms. The van der Waals surface area contributed by atoms with Crippen LogP contribution in [-0.4, -0.2) is 23.6 Å². The van der Waals surface area contributed by atoms with Gasteiger partial charge in [-0.15, -0.1) is 0 Å². The Bertz CT molecular complexity index is 710. The van der Waals surface area contributed by atoms with Gasteiger partial charge in [0, 0.05) is 11.3 Å². The quantitative estimate of drug-likeness (QED) is 0.672. The number of hydrogen-bond acceptors (Lipinski definition) is 4. The van der Waals surface area contributed by atoms with E-state index in [9.17, 15) is 14.7 Å². The van der Waals surface area contributed by atoms with Gasteiger partial charge in [0.05, 0.1) is 6.61 Å².